The third kappa shape index (κ3) is 4.83. The number of hydrogen-bond acceptors (Lipinski definition) is 4. The van der Waals surface area contributed by atoms with Gasteiger partial charge in [0, 0.05) is 11.6 Å². The van der Waals surface area contributed by atoms with Gasteiger partial charge in [-0.15, -0.1) is 0 Å². The number of para-hydroxylation sites is 2. The molecular formula is C24H22FN3O3. The summed E-state index contributed by atoms with van der Waals surface area (Å²) in [5.74, 6) is 1.50. The first kappa shape index (κ1) is 20.4. The van der Waals surface area contributed by atoms with Gasteiger partial charge >= 0.3 is 0 Å². The molecule has 31 heavy (non-hydrogen) atoms. The van der Waals surface area contributed by atoms with Gasteiger partial charge < -0.3 is 19.4 Å². The molecule has 0 fully saturated rings. The highest BCUT2D eigenvalue weighted by Gasteiger charge is 2.13. The molecule has 0 bridgehead atoms. The number of benzene rings is 3. The molecule has 0 spiro atoms. The number of nitrogens with zero attached hydrogens (tertiary/aromatic N) is 2. The van der Waals surface area contributed by atoms with E-state index in [0.29, 0.717) is 24.5 Å². The predicted octanol–water partition coefficient (Wildman–Crippen LogP) is 4.19. The number of halogens is 1. The van der Waals surface area contributed by atoms with Gasteiger partial charge in [-0.25, -0.2) is 9.37 Å². The lowest BCUT2D eigenvalue weighted by atomic mass is 10.2. The molecule has 4 rings (SSSR count). The number of carbonyl (C=O) groups is 1. The fourth-order valence-electron chi connectivity index (χ4n) is 3.32. The van der Waals surface area contributed by atoms with E-state index < -0.39 is 0 Å². The molecule has 0 unspecified atom stereocenters. The van der Waals surface area contributed by atoms with Gasteiger partial charge in [-0.05, 0) is 48.5 Å². The Hall–Kier alpha value is -3.87. The van der Waals surface area contributed by atoms with Gasteiger partial charge in [-0.3, -0.25) is 4.79 Å². The Kier molecular flexibility index (Phi) is 6.12. The van der Waals surface area contributed by atoms with Crippen molar-refractivity contribution < 1.29 is 18.7 Å². The fourth-order valence-corrected chi connectivity index (χ4v) is 3.32. The fraction of sp³-hybridized carbons (Fsp3) is 0.167. The van der Waals surface area contributed by atoms with Crippen molar-refractivity contribution in [3.05, 3.63) is 90.0 Å². The van der Waals surface area contributed by atoms with E-state index in [2.05, 4.69) is 10.3 Å². The molecule has 1 amide bonds. The number of nitrogens with one attached hydrogen (secondary N) is 1. The summed E-state index contributed by atoms with van der Waals surface area (Å²) in [6, 6.07) is 20.7. The molecule has 1 aromatic heterocycles. The van der Waals surface area contributed by atoms with Gasteiger partial charge in [-0.1, -0.05) is 18.2 Å². The first-order valence-corrected chi connectivity index (χ1v) is 9.89. The minimum atomic E-state index is -0.380. The summed E-state index contributed by atoms with van der Waals surface area (Å²) >= 11 is 0. The number of imidazole rings is 1. The van der Waals surface area contributed by atoms with Crippen molar-refractivity contribution in [2.75, 3.05) is 13.7 Å². The monoisotopic (exact) mass is 419 g/mol. The minimum Gasteiger partial charge on any atom is -0.497 e. The quantitative estimate of drug-likeness (QED) is 0.465. The van der Waals surface area contributed by atoms with Crippen LogP contribution in [0.5, 0.6) is 11.5 Å². The second-order valence-corrected chi connectivity index (χ2v) is 6.89. The largest absolute Gasteiger partial charge is 0.497 e. The third-order valence-corrected chi connectivity index (χ3v) is 4.87. The van der Waals surface area contributed by atoms with Crippen LogP contribution in [-0.4, -0.2) is 29.2 Å². The highest BCUT2D eigenvalue weighted by molar-refractivity contribution is 5.94. The molecule has 0 atom stereocenters. The number of fused-ring (bicyclic) bond motifs is 1. The van der Waals surface area contributed by atoms with Crippen LogP contribution in [-0.2, 0) is 13.1 Å². The molecule has 0 saturated heterocycles. The minimum absolute atomic E-state index is 0.240. The highest BCUT2D eigenvalue weighted by Crippen LogP contribution is 2.20. The van der Waals surface area contributed by atoms with Crippen LogP contribution in [0.2, 0.25) is 0 Å². The second-order valence-electron chi connectivity index (χ2n) is 6.89. The molecule has 4 aromatic rings. The Morgan fingerprint density at radius 1 is 1.03 bits per heavy atom. The standard InChI is InChI=1S/C24H22FN3O3/c1-30-19-5-4-6-20(15-19)31-14-13-28-22-8-3-2-7-21(22)27-23(28)16-26-24(29)17-9-11-18(25)12-10-17/h2-12,15H,13-14,16H2,1H3,(H,26,29). The Morgan fingerprint density at radius 2 is 1.81 bits per heavy atom. The number of methoxy groups -OCH3 is 1. The van der Waals surface area contributed by atoms with Crippen LogP contribution < -0.4 is 14.8 Å². The van der Waals surface area contributed by atoms with E-state index in [1.807, 2.05) is 53.1 Å². The number of ether oxygens (including phenoxy) is 2. The third-order valence-electron chi connectivity index (χ3n) is 4.87. The van der Waals surface area contributed by atoms with Crippen LogP contribution in [0.15, 0.2) is 72.8 Å². The number of aromatic nitrogens is 2. The lowest BCUT2D eigenvalue weighted by Crippen LogP contribution is -2.25. The van der Waals surface area contributed by atoms with Gasteiger partial charge in [0.15, 0.2) is 0 Å². The first-order chi connectivity index (χ1) is 15.1. The summed E-state index contributed by atoms with van der Waals surface area (Å²) in [4.78, 5) is 17.1. The zero-order valence-corrected chi connectivity index (χ0v) is 17.0. The Labute approximate surface area is 179 Å². The molecule has 0 aliphatic carbocycles. The van der Waals surface area contributed by atoms with Gasteiger partial charge in [0.2, 0.25) is 0 Å². The van der Waals surface area contributed by atoms with Crippen LogP contribution in [0, 0.1) is 5.82 Å². The molecule has 7 heteroatoms. The lowest BCUT2D eigenvalue weighted by molar-refractivity contribution is 0.0949. The van der Waals surface area contributed by atoms with Gasteiger partial charge in [0.1, 0.15) is 29.7 Å². The Bertz CT molecular complexity index is 1190. The van der Waals surface area contributed by atoms with Gasteiger partial charge in [-0.2, -0.15) is 0 Å². The summed E-state index contributed by atoms with van der Waals surface area (Å²) in [5, 5.41) is 2.86. The van der Waals surface area contributed by atoms with E-state index in [9.17, 15) is 9.18 Å². The molecule has 6 nitrogen and oxygen atoms in total. The first-order valence-electron chi connectivity index (χ1n) is 9.89. The van der Waals surface area contributed by atoms with Crippen molar-refractivity contribution in [1.29, 1.82) is 0 Å². The average molecular weight is 419 g/mol. The van der Waals surface area contributed by atoms with Gasteiger partial charge in [0.05, 0.1) is 31.2 Å². The van der Waals surface area contributed by atoms with Crippen molar-refractivity contribution in [3.8, 4) is 11.5 Å². The van der Waals surface area contributed by atoms with Crippen molar-refractivity contribution in [2.45, 2.75) is 13.1 Å². The van der Waals surface area contributed by atoms with E-state index in [4.69, 9.17) is 9.47 Å². The smallest absolute Gasteiger partial charge is 0.251 e. The van der Waals surface area contributed by atoms with Crippen molar-refractivity contribution >= 4 is 16.9 Å². The van der Waals surface area contributed by atoms with Crippen LogP contribution in [0.25, 0.3) is 11.0 Å². The number of rotatable bonds is 8. The molecule has 0 aliphatic heterocycles. The molecule has 0 aliphatic rings. The van der Waals surface area contributed by atoms with Gasteiger partial charge in [0.25, 0.3) is 5.91 Å². The molecular weight excluding hydrogens is 397 g/mol. The highest BCUT2D eigenvalue weighted by atomic mass is 19.1. The zero-order valence-electron chi connectivity index (χ0n) is 17.0. The Morgan fingerprint density at radius 3 is 2.61 bits per heavy atom. The van der Waals surface area contributed by atoms with E-state index in [-0.39, 0.29) is 18.3 Å². The maximum absolute atomic E-state index is 13.1. The lowest BCUT2D eigenvalue weighted by Gasteiger charge is -2.12. The van der Waals surface area contributed by atoms with Crippen molar-refractivity contribution in [3.63, 3.8) is 0 Å². The van der Waals surface area contributed by atoms with Crippen LogP contribution in [0.3, 0.4) is 0 Å². The SMILES string of the molecule is COc1cccc(OCCn2c(CNC(=O)c3ccc(F)cc3)nc3ccccc32)c1. The second kappa shape index (κ2) is 9.30. The normalized spacial score (nSPS) is 10.8. The maximum atomic E-state index is 13.1. The topological polar surface area (TPSA) is 65.4 Å². The number of hydrogen-bond donors (Lipinski definition) is 1. The molecule has 3 aromatic carbocycles. The Balaban J connectivity index is 1.47. The summed E-state index contributed by atoms with van der Waals surface area (Å²) in [5.41, 5.74) is 2.20. The van der Waals surface area contributed by atoms with E-state index in [1.54, 1.807) is 7.11 Å². The molecule has 1 N–H and O–H groups in total. The maximum Gasteiger partial charge on any atom is 0.251 e. The summed E-state index contributed by atoms with van der Waals surface area (Å²) < 4.78 is 26.2. The molecule has 0 saturated carbocycles. The van der Waals surface area contributed by atoms with E-state index in [0.717, 1.165) is 22.5 Å². The summed E-state index contributed by atoms with van der Waals surface area (Å²) in [6.07, 6.45) is 0. The van der Waals surface area contributed by atoms with Crippen LogP contribution >= 0.6 is 0 Å². The molecule has 0 radical (unpaired) electrons. The van der Waals surface area contributed by atoms with Crippen molar-refractivity contribution in [1.82, 2.24) is 14.9 Å². The molecule has 158 valence electrons. The van der Waals surface area contributed by atoms with E-state index in [1.165, 1.54) is 24.3 Å². The number of amides is 1. The number of carbonyl (C=O) groups excluding carboxylic acids is 1. The van der Waals surface area contributed by atoms with Crippen molar-refractivity contribution in [2.24, 2.45) is 0 Å². The van der Waals surface area contributed by atoms with Crippen LogP contribution in [0.4, 0.5) is 4.39 Å². The summed E-state index contributed by atoms with van der Waals surface area (Å²) in [7, 11) is 1.61. The van der Waals surface area contributed by atoms with E-state index >= 15 is 0 Å². The average Bonchev–Trinajstić information content (AvgIpc) is 3.15. The zero-order chi connectivity index (χ0) is 21.6. The van der Waals surface area contributed by atoms with Crippen LogP contribution in [0.1, 0.15) is 16.2 Å². The predicted molar refractivity (Wildman–Crippen MR) is 116 cm³/mol. The molecule has 1 heterocycles. The summed E-state index contributed by atoms with van der Waals surface area (Å²) in [6.45, 7) is 1.22.